The lowest BCUT2D eigenvalue weighted by Crippen LogP contribution is -2.38. The summed E-state index contributed by atoms with van der Waals surface area (Å²) in [4.78, 5) is 21.0. The van der Waals surface area contributed by atoms with Gasteiger partial charge < -0.3 is 0 Å². The average Bonchev–Trinajstić information content (AvgIpc) is 2.72. The fraction of sp³-hybridized carbons (Fsp3) is 0.350. The number of anilines is 1. The van der Waals surface area contributed by atoms with E-state index in [9.17, 15) is 20.2 Å². The summed E-state index contributed by atoms with van der Waals surface area (Å²) in [6.07, 6.45) is 4.75. The molecule has 28 heavy (non-hydrogen) atoms. The minimum Gasteiger partial charge on any atom is -0.272 e. The zero-order valence-electron chi connectivity index (χ0n) is 15.6. The van der Waals surface area contributed by atoms with Crippen LogP contribution < -0.4 is 5.43 Å². The molecule has 146 valence electrons. The van der Waals surface area contributed by atoms with Gasteiger partial charge in [-0.15, -0.1) is 0 Å². The zero-order valence-corrected chi connectivity index (χ0v) is 15.6. The van der Waals surface area contributed by atoms with E-state index in [-0.39, 0.29) is 22.5 Å². The molecule has 0 bridgehead atoms. The fourth-order valence-electron chi connectivity index (χ4n) is 3.93. The number of nitro benzene ring substituents is 2. The molecule has 0 spiro atoms. The van der Waals surface area contributed by atoms with Crippen molar-refractivity contribution in [2.75, 3.05) is 5.43 Å². The first-order valence-electron chi connectivity index (χ1n) is 9.29. The molecule has 3 rings (SSSR count). The molecule has 0 radical (unpaired) electrons. The molecule has 2 aromatic carbocycles. The number of benzene rings is 2. The number of hydrogen-bond donors (Lipinski definition) is 1. The van der Waals surface area contributed by atoms with E-state index in [4.69, 9.17) is 0 Å². The van der Waals surface area contributed by atoms with E-state index in [0.717, 1.165) is 43.9 Å². The second-order valence-electron chi connectivity index (χ2n) is 6.89. The Kier molecular flexibility index (Phi) is 5.67. The number of hydrogen-bond acceptors (Lipinski definition) is 6. The van der Waals surface area contributed by atoms with E-state index in [1.165, 1.54) is 17.7 Å². The van der Waals surface area contributed by atoms with Crippen LogP contribution in [-0.2, 0) is 5.41 Å². The molecule has 1 N–H and O–H groups in total. The maximum atomic E-state index is 11.3. The van der Waals surface area contributed by atoms with Crippen molar-refractivity contribution in [2.24, 2.45) is 5.10 Å². The number of nitrogens with zero attached hydrogens (tertiary/aromatic N) is 3. The molecule has 0 saturated heterocycles. The van der Waals surface area contributed by atoms with E-state index < -0.39 is 9.85 Å². The van der Waals surface area contributed by atoms with E-state index in [1.807, 2.05) is 18.2 Å². The number of hydrazone groups is 1. The average molecular weight is 382 g/mol. The summed E-state index contributed by atoms with van der Waals surface area (Å²) in [5, 5.41) is 26.8. The normalized spacial score (nSPS) is 20.7. The molecule has 8 heteroatoms. The van der Waals surface area contributed by atoms with Gasteiger partial charge in [-0.3, -0.25) is 25.7 Å². The smallest absolute Gasteiger partial charge is 0.272 e. The van der Waals surface area contributed by atoms with Crippen molar-refractivity contribution in [3.63, 3.8) is 0 Å². The third-order valence-corrected chi connectivity index (χ3v) is 5.45. The summed E-state index contributed by atoms with van der Waals surface area (Å²) in [7, 11) is 0. The van der Waals surface area contributed by atoms with Gasteiger partial charge in [-0.1, -0.05) is 43.7 Å². The molecular formula is C20H22N4O4. The van der Waals surface area contributed by atoms with E-state index in [2.05, 4.69) is 29.6 Å². The highest BCUT2D eigenvalue weighted by molar-refractivity contribution is 5.96. The molecule has 0 amide bonds. The third kappa shape index (κ3) is 3.71. The maximum absolute atomic E-state index is 11.3. The van der Waals surface area contributed by atoms with Crippen molar-refractivity contribution in [3.05, 3.63) is 74.3 Å². The first kappa shape index (κ1) is 19.5. The second-order valence-corrected chi connectivity index (χ2v) is 6.89. The number of non-ortho nitro benzene ring substituents is 1. The standard InChI is InChI=1S/C20H22N4O4/c1-2-20(15-8-4-3-5-9-15)13-7-6-10-19(20)22-21-17-12-11-16(23(25)26)14-18(17)24(27)28/h3-5,8-9,11-12,14,21H,2,6-7,10,13H2,1H3/b22-19-/t20-/m1/s1. The van der Waals surface area contributed by atoms with Crippen LogP contribution in [-0.4, -0.2) is 15.6 Å². The Morgan fingerprint density at radius 2 is 1.82 bits per heavy atom. The van der Waals surface area contributed by atoms with Crippen molar-refractivity contribution in [3.8, 4) is 0 Å². The Labute approximate surface area is 162 Å². The Balaban J connectivity index is 1.98. The summed E-state index contributed by atoms with van der Waals surface area (Å²) in [6, 6.07) is 13.7. The van der Waals surface area contributed by atoms with Gasteiger partial charge >= 0.3 is 5.69 Å². The summed E-state index contributed by atoms with van der Waals surface area (Å²) >= 11 is 0. The van der Waals surface area contributed by atoms with Gasteiger partial charge in [0.25, 0.3) is 5.69 Å². The molecule has 1 aliphatic rings. The van der Waals surface area contributed by atoms with Gasteiger partial charge in [-0.25, -0.2) is 0 Å². The number of nitro groups is 2. The topological polar surface area (TPSA) is 111 Å². The Morgan fingerprint density at radius 3 is 2.46 bits per heavy atom. The molecular weight excluding hydrogens is 360 g/mol. The predicted octanol–water partition coefficient (Wildman–Crippen LogP) is 5.19. The van der Waals surface area contributed by atoms with Gasteiger partial charge in [0.05, 0.1) is 15.9 Å². The van der Waals surface area contributed by atoms with Gasteiger partial charge in [-0.2, -0.15) is 5.10 Å². The Hall–Kier alpha value is -3.29. The van der Waals surface area contributed by atoms with Gasteiger partial charge in [-0.05, 0) is 37.3 Å². The number of nitrogens with one attached hydrogen (secondary N) is 1. The van der Waals surface area contributed by atoms with Crippen LogP contribution >= 0.6 is 0 Å². The highest BCUT2D eigenvalue weighted by Crippen LogP contribution is 2.40. The van der Waals surface area contributed by atoms with Crippen molar-refractivity contribution >= 4 is 22.8 Å². The van der Waals surface area contributed by atoms with Crippen molar-refractivity contribution in [1.29, 1.82) is 0 Å². The fourth-order valence-corrected chi connectivity index (χ4v) is 3.93. The second kappa shape index (κ2) is 8.16. The van der Waals surface area contributed by atoms with Crippen LogP contribution in [0.25, 0.3) is 0 Å². The van der Waals surface area contributed by atoms with Crippen LogP contribution in [0.1, 0.15) is 44.6 Å². The minimum atomic E-state index is -0.651. The highest BCUT2D eigenvalue weighted by Gasteiger charge is 2.38. The molecule has 1 atom stereocenters. The van der Waals surface area contributed by atoms with E-state index in [0.29, 0.717) is 0 Å². The van der Waals surface area contributed by atoms with Crippen molar-refractivity contribution in [2.45, 2.75) is 44.4 Å². The molecule has 1 aliphatic carbocycles. The molecule has 0 heterocycles. The van der Waals surface area contributed by atoms with Crippen LogP contribution in [0.4, 0.5) is 17.1 Å². The highest BCUT2D eigenvalue weighted by atomic mass is 16.6. The van der Waals surface area contributed by atoms with Crippen LogP contribution in [0.15, 0.2) is 53.6 Å². The minimum absolute atomic E-state index is 0.145. The molecule has 2 aromatic rings. The third-order valence-electron chi connectivity index (χ3n) is 5.45. The summed E-state index contributed by atoms with van der Waals surface area (Å²) in [5.74, 6) is 0. The zero-order chi connectivity index (χ0) is 20.1. The van der Waals surface area contributed by atoms with Gasteiger partial charge in [0, 0.05) is 17.2 Å². The lowest BCUT2D eigenvalue weighted by atomic mass is 9.66. The van der Waals surface area contributed by atoms with Crippen molar-refractivity contribution in [1.82, 2.24) is 0 Å². The molecule has 0 aliphatic heterocycles. The van der Waals surface area contributed by atoms with E-state index in [1.54, 1.807) is 0 Å². The van der Waals surface area contributed by atoms with Gasteiger partial charge in [0.1, 0.15) is 5.69 Å². The van der Waals surface area contributed by atoms with Crippen LogP contribution in [0.2, 0.25) is 0 Å². The summed E-state index contributed by atoms with van der Waals surface area (Å²) in [6.45, 7) is 2.13. The SMILES string of the molecule is CC[C@]1(c2ccccc2)CCCC/C1=N/Nc1ccc([N+](=O)[O-])cc1[N+](=O)[O-]. The quantitative estimate of drug-likeness (QED) is 0.546. The summed E-state index contributed by atoms with van der Waals surface area (Å²) in [5.41, 5.74) is 4.21. The molecule has 8 nitrogen and oxygen atoms in total. The molecule has 0 unspecified atom stereocenters. The van der Waals surface area contributed by atoms with Crippen molar-refractivity contribution < 1.29 is 9.85 Å². The van der Waals surface area contributed by atoms with E-state index >= 15 is 0 Å². The molecule has 1 saturated carbocycles. The largest absolute Gasteiger partial charge is 0.301 e. The monoisotopic (exact) mass is 382 g/mol. The Bertz CT molecular complexity index is 914. The van der Waals surface area contributed by atoms with Crippen LogP contribution in [0.5, 0.6) is 0 Å². The van der Waals surface area contributed by atoms with Gasteiger partial charge in [0.2, 0.25) is 0 Å². The molecule has 1 fully saturated rings. The van der Waals surface area contributed by atoms with Crippen LogP contribution in [0, 0.1) is 20.2 Å². The number of rotatable bonds is 6. The van der Waals surface area contributed by atoms with Gasteiger partial charge in [0.15, 0.2) is 0 Å². The predicted molar refractivity (Wildman–Crippen MR) is 108 cm³/mol. The maximum Gasteiger partial charge on any atom is 0.301 e. The first-order valence-corrected chi connectivity index (χ1v) is 9.29. The Morgan fingerprint density at radius 1 is 1.07 bits per heavy atom. The summed E-state index contributed by atoms with van der Waals surface area (Å²) < 4.78 is 0. The molecule has 0 aromatic heterocycles. The lowest BCUT2D eigenvalue weighted by Gasteiger charge is -2.38. The first-order chi connectivity index (χ1) is 13.5. The lowest BCUT2D eigenvalue weighted by molar-refractivity contribution is -0.393. The van der Waals surface area contributed by atoms with Crippen LogP contribution in [0.3, 0.4) is 0 Å².